The Balaban J connectivity index is 2.18. The Kier molecular flexibility index (Phi) is 3.36. The second kappa shape index (κ2) is 4.80. The predicted octanol–water partition coefficient (Wildman–Crippen LogP) is 0.699. The Morgan fingerprint density at radius 1 is 1.50 bits per heavy atom. The highest BCUT2D eigenvalue weighted by atomic mass is 16.4. The van der Waals surface area contributed by atoms with Crippen LogP contribution in [0.5, 0.6) is 0 Å². The molecule has 1 aromatic heterocycles. The van der Waals surface area contributed by atoms with Gasteiger partial charge in [-0.05, 0) is 12.0 Å². The zero-order chi connectivity index (χ0) is 13.3. The molecule has 6 nitrogen and oxygen atoms in total. The number of anilines is 2. The maximum atomic E-state index is 11.1. The van der Waals surface area contributed by atoms with Crippen LogP contribution >= 0.6 is 0 Å². The molecule has 2 atom stereocenters. The van der Waals surface area contributed by atoms with Gasteiger partial charge in [0.1, 0.15) is 5.82 Å². The van der Waals surface area contributed by atoms with Gasteiger partial charge in [0.05, 0.1) is 5.92 Å². The Bertz CT molecular complexity index is 449. The first-order valence-corrected chi connectivity index (χ1v) is 5.97. The van der Waals surface area contributed by atoms with Gasteiger partial charge in [-0.2, -0.15) is 4.98 Å². The van der Waals surface area contributed by atoms with E-state index >= 15 is 0 Å². The molecule has 2 heterocycles. The molecule has 1 saturated heterocycles. The molecule has 1 aliphatic heterocycles. The van der Waals surface area contributed by atoms with Crippen LogP contribution in [0.25, 0.3) is 0 Å². The van der Waals surface area contributed by atoms with E-state index in [0.717, 1.165) is 12.4 Å². The molecular formula is C12H18N4O2. The second-order valence-corrected chi connectivity index (χ2v) is 4.94. The molecule has 18 heavy (non-hydrogen) atoms. The summed E-state index contributed by atoms with van der Waals surface area (Å²) in [7, 11) is 3.76. The van der Waals surface area contributed by atoms with Crippen molar-refractivity contribution in [1.29, 1.82) is 0 Å². The van der Waals surface area contributed by atoms with Crippen LogP contribution in [0, 0.1) is 11.8 Å². The number of rotatable bonds is 3. The lowest BCUT2D eigenvalue weighted by Crippen LogP contribution is -2.24. The Morgan fingerprint density at radius 2 is 2.22 bits per heavy atom. The van der Waals surface area contributed by atoms with E-state index in [0.29, 0.717) is 12.5 Å². The van der Waals surface area contributed by atoms with Crippen LogP contribution in [-0.2, 0) is 4.79 Å². The van der Waals surface area contributed by atoms with Crippen molar-refractivity contribution in [2.75, 3.05) is 37.0 Å². The number of nitrogens with zero attached hydrogens (tertiary/aromatic N) is 4. The topological polar surface area (TPSA) is 69.6 Å². The molecule has 0 aliphatic carbocycles. The maximum Gasteiger partial charge on any atom is 0.308 e. The third kappa shape index (κ3) is 2.37. The van der Waals surface area contributed by atoms with Gasteiger partial charge >= 0.3 is 5.97 Å². The first kappa shape index (κ1) is 12.6. The summed E-state index contributed by atoms with van der Waals surface area (Å²) in [6, 6.07) is 1.82. The molecule has 0 spiro atoms. The zero-order valence-electron chi connectivity index (χ0n) is 10.9. The van der Waals surface area contributed by atoms with Crippen LogP contribution in [0.15, 0.2) is 12.3 Å². The Morgan fingerprint density at radius 3 is 2.78 bits per heavy atom. The van der Waals surface area contributed by atoms with Crippen molar-refractivity contribution in [3.05, 3.63) is 12.3 Å². The lowest BCUT2D eigenvalue weighted by atomic mass is 9.99. The summed E-state index contributed by atoms with van der Waals surface area (Å²) in [5.74, 6) is 0.526. The molecule has 0 bridgehead atoms. The highest BCUT2D eigenvalue weighted by Gasteiger charge is 2.35. The molecule has 0 aromatic carbocycles. The Hall–Kier alpha value is -1.85. The molecule has 6 heteroatoms. The van der Waals surface area contributed by atoms with E-state index in [4.69, 9.17) is 5.11 Å². The van der Waals surface area contributed by atoms with Crippen LogP contribution in [0.2, 0.25) is 0 Å². The summed E-state index contributed by atoms with van der Waals surface area (Å²) in [5, 5.41) is 9.12. The third-order valence-electron chi connectivity index (χ3n) is 3.28. The van der Waals surface area contributed by atoms with Gasteiger partial charge in [0.25, 0.3) is 0 Å². The van der Waals surface area contributed by atoms with Gasteiger partial charge < -0.3 is 14.9 Å². The molecule has 2 rings (SSSR count). The third-order valence-corrected chi connectivity index (χ3v) is 3.28. The molecule has 1 N–H and O–H groups in total. The number of hydrogen-bond donors (Lipinski definition) is 1. The maximum absolute atomic E-state index is 11.1. The van der Waals surface area contributed by atoms with Gasteiger partial charge in [0, 0.05) is 33.4 Å². The van der Waals surface area contributed by atoms with Crippen LogP contribution in [-0.4, -0.2) is 48.2 Å². The highest BCUT2D eigenvalue weighted by Crippen LogP contribution is 2.27. The minimum absolute atomic E-state index is 0.139. The van der Waals surface area contributed by atoms with E-state index in [2.05, 4.69) is 9.97 Å². The first-order chi connectivity index (χ1) is 8.49. The molecule has 1 fully saturated rings. The number of carbonyl (C=O) groups is 1. The smallest absolute Gasteiger partial charge is 0.308 e. The normalized spacial score (nSPS) is 23.2. The monoisotopic (exact) mass is 250 g/mol. The molecule has 1 aliphatic rings. The fourth-order valence-corrected chi connectivity index (χ4v) is 2.21. The van der Waals surface area contributed by atoms with Crippen LogP contribution < -0.4 is 9.80 Å². The number of hydrogen-bond acceptors (Lipinski definition) is 5. The highest BCUT2D eigenvalue weighted by molar-refractivity contribution is 5.72. The summed E-state index contributed by atoms with van der Waals surface area (Å²) >= 11 is 0. The average Bonchev–Trinajstić information content (AvgIpc) is 2.71. The zero-order valence-corrected chi connectivity index (χ0v) is 10.9. The minimum Gasteiger partial charge on any atom is -0.481 e. The van der Waals surface area contributed by atoms with E-state index in [1.165, 1.54) is 0 Å². The van der Waals surface area contributed by atoms with Crippen LogP contribution in [0.3, 0.4) is 0 Å². The van der Waals surface area contributed by atoms with Gasteiger partial charge in [-0.15, -0.1) is 0 Å². The molecule has 0 amide bonds. The van der Waals surface area contributed by atoms with E-state index < -0.39 is 5.97 Å². The molecule has 0 unspecified atom stereocenters. The summed E-state index contributed by atoms with van der Waals surface area (Å²) in [5.41, 5.74) is 0. The van der Waals surface area contributed by atoms with Crippen molar-refractivity contribution in [3.63, 3.8) is 0 Å². The largest absolute Gasteiger partial charge is 0.481 e. The number of carboxylic acids is 1. The number of aliphatic carboxylic acids is 1. The SMILES string of the molecule is C[C@@H]1CN(c2ccnc(N(C)C)n2)C[C@H]1C(=O)O. The van der Waals surface area contributed by atoms with Gasteiger partial charge in [-0.25, -0.2) is 4.98 Å². The fourth-order valence-electron chi connectivity index (χ4n) is 2.21. The van der Waals surface area contributed by atoms with Crippen molar-refractivity contribution in [3.8, 4) is 0 Å². The molecule has 0 saturated carbocycles. The van der Waals surface area contributed by atoms with Crippen molar-refractivity contribution < 1.29 is 9.90 Å². The molecule has 0 radical (unpaired) electrons. The Labute approximate surface area is 106 Å². The van der Waals surface area contributed by atoms with Gasteiger partial charge in [0.15, 0.2) is 0 Å². The standard InChI is InChI=1S/C12H18N4O2/c1-8-6-16(7-9(8)11(17)18)10-4-5-13-12(14-10)15(2)3/h4-5,8-9H,6-7H2,1-3H3,(H,17,18)/t8-,9-/m1/s1. The van der Waals surface area contributed by atoms with Gasteiger partial charge in [0.2, 0.25) is 5.95 Å². The summed E-state index contributed by atoms with van der Waals surface area (Å²) in [6.07, 6.45) is 1.70. The summed E-state index contributed by atoms with van der Waals surface area (Å²) in [4.78, 5) is 23.5. The lowest BCUT2D eigenvalue weighted by Gasteiger charge is -2.18. The fraction of sp³-hybridized carbons (Fsp3) is 0.583. The summed E-state index contributed by atoms with van der Waals surface area (Å²) in [6.45, 7) is 3.20. The van der Waals surface area contributed by atoms with E-state index in [1.54, 1.807) is 6.20 Å². The van der Waals surface area contributed by atoms with E-state index in [1.807, 2.05) is 36.9 Å². The van der Waals surface area contributed by atoms with E-state index in [9.17, 15) is 4.79 Å². The predicted molar refractivity (Wildman–Crippen MR) is 68.9 cm³/mol. The number of carboxylic acid groups (broad SMARTS) is 1. The minimum atomic E-state index is -0.730. The lowest BCUT2D eigenvalue weighted by molar-refractivity contribution is -0.142. The van der Waals surface area contributed by atoms with Crippen molar-refractivity contribution in [2.45, 2.75) is 6.92 Å². The quantitative estimate of drug-likeness (QED) is 0.851. The summed E-state index contributed by atoms with van der Waals surface area (Å²) < 4.78 is 0. The van der Waals surface area contributed by atoms with Crippen molar-refractivity contribution in [1.82, 2.24) is 9.97 Å². The van der Waals surface area contributed by atoms with Crippen LogP contribution in [0.1, 0.15) is 6.92 Å². The van der Waals surface area contributed by atoms with Gasteiger partial charge in [-0.1, -0.05) is 6.92 Å². The molecule has 1 aromatic rings. The van der Waals surface area contributed by atoms with E-state index in [-0.39, 0.29) is 11.8 Å². The van der Waals surface area contributed by atoms with Crippen molar-refractivity contribution in [2.24, 2.45) is 11.8 Å². The first-order valence-electron chi connectivity index (χ1n) is 5.97. The van der Waals surface area contributed by atoms with Crippen molar-refractivity contribution >= 4 is 17.7 Å². The number of aromatic nitrogens is 2. The molecular weight excluding hydrogens is 232 g/mol. The van der Waals surface area contributed by atoms with Crippen LogP contribution in [0.4, 0.5) is 11.8 Å². The average molecular weight is 250 g/mol. The van der Waals surface area contributed by atoms with Gasteiger partial charge in [-0.3, -0.25) is 4.79 Å². The second-order valence-electron chi connectivity index (χ2n) is 4.94. The molecule has 98 valence electrons.